The molecule has 0 aromatic heterocycles. The average Bonchev–Trinajstić information content (AvgIpc) is 2.56. The fraction of sp³-hybridized carbons (Fsp3) is 0.222. The van der Waals surface area contributed by atoms with Gasteiger partial charge in [-0.05, 0) is 35.4 Å². The highest BCUT2D eigenvalue weighted by Gasteiger charge is 2.22. The molecular weight excluding hydrogens is 316 g/mol. The van der Waals surface area contributed by atoms with Crippen molar-refractivity contribution in [3.8, 4) is 0 Å². The second kappa shape index (κ2) is 8.19. The van der Waals surface area contributed by atoms with Crippen LogP contribution in [0.25, 0.3) is 0 Å². The summed E-state index contributed by atoms with van der Waals surface area (Å²) in [6.07, 6.45) is -0.00489. The fourth-order valence-corrected chi connectivity index (χ4v) is 2.29. The lowest BCUT2D eigenvalue weighted by atomic mass is 9.99. The van der Waals surface area contributed by atoms with Gasteiger partial charge in [0, 0.05) is 6.54 Å². The van der Waals surface area contributed by atoms with E-state index in [2.05, 4.69) is 5.32 Å². The number of nitrogens with one attached hydrogen (secondary N) is 1. The van der Waals surface area contributed by atoms with E-state index in [1.807, 2.05) is 0 Å². The minimum atomic E-state index is -0.743. The zero-order valence-corrected chi connectivity index (χ0v) is 13.1. The number of carbonyl (C=O) groups excluding carboxylic acids is 2. The van der Waals surface area contributed by atoms with Gasteiger partial charge in [-0.2, -0.15) is 0 Å². The first-order chi connectivity index (χ1) is 11.5. The van der Waals surface area contributed by atoms with Crippen LogP contribution in [0.15, 0.2) is 48.5 Å². The molecular formula is C18H17F2NO3. The Bertz CT molecular complexity index is 716. The number of halogens is 2. The normalized spacial score (nSPS) is 11.6. The molecule has 1 N–H and O–H groups in total. The van der Waals surface area contributed by atoms with Gasteiger partial charge in [-0.1, -0.05) is 24.3 Å². The molecule has 6 heteroatoms. The molecule has 0 bridgehead atoms. The molecule has 0 spiro atoms. The Morgan fingerprint density at radius 3 is 2.42 bits per heavy atom. The lowest BCUT2D eigenvalue weighted by Gasteiger charge is -2.16. The second-order valence-corrected chi connectivity index (χ2v) is 5.24. The molecule has 24 heavy (non-hydrogen) atoms. The number of amides is 1. The van der Waals surface area contributed by atoms with E-state index in [1.54, 1.807) is 6.07 Å². The Morgan fingerprint density at radius 1 is 1.08 bits per heavy atom. The number of benzene rings is 2. The molecule has 2 aromatic rings. The average molecular weight is 333 g/mol. The lowest BCUT2D eigenvalue weighted by Crippen LogP contribution is -2.33. The smallest absolute Gasteiger partial charge is 0.314 e. The summed E-state index contributed by atoms with van der Waals surface area (Å²) < 4.78 is 30.8. The summed E-state index contributed by atoms with van der Waals surface area (Å²) in [6.45, 7) is 0.00640. The van der Waals surface area contributed by atoms with Crippen molar-refractivity contribution in [2.24, 2.45) is 0 Å². The molecule has 0 unspecified atom stereocenters. The quantitative estimate of drug-likeness (QED) is 0.827. The van der Waals surface area contributed by atoms with Crippen molar-refractivity contribution < 1.29 is 23.1 Å². The maximum atomic E-state index is 13.1. The largest absolute Gasteiger partial charge is 0.468 e. The summed E-state index contributed by atoms with van der Waals surface area (Å²) in [5, 5.41) is 2.62. The molecule has 2 aromatic carbocycles. The van der Waals surface area contributed by atoms with Gasteiger partial charge in [-0.3, -0.25) is 9.59 Å². The number of esters is 1. The van der Waals surface area contributed by atoms with Crippen LogP contribution < -0.4 is 5.32 Å². The highest BCUT2D eigenvalue weighted by molar-refractivity contribution is 5.82. The van der Waals surface area contributed by atoms with Crippen molar-refractivity contribution in [3.63, 3.8) is 0 Å². The third kappa shape index (κ3) is 4.87. The number of carbonyl (C=O) groups is 2. The third-order valence-electron chi connectivity index (χ3n) is 3.52. The van der Waals surface area contributed by atoms with Crippen LogP contribution >= 0.6 is 0 Å². The molecule has 4 nitrogen and oxygen atoms in total. The number of methoxy groups -OCH3 is 1. The third-order valence-corrected chi connectivity index (χ3v) is 3.52. The van der Waals surface area contributed by atoms with Crippen molar-refractivity contribution in [3.05, 3.63) is 71.3 Å². The van der Waals surface area contributed by atoms with Crippen molar-refractivity contribution in [1.82, 2.24) is 5.32 Å². The molecule has 1 atom stereocenters. The Labute approximate surface area is 138 Å². The molecule has 126 valence electrons. The van der Waals surface area contributed by atoms with Gasteiger partial charge in [-0.15, -0.1) is 0 Å². The van der Waals surface area contributed by atoms with Gasteiger partial charge in [0.1, 0.15) is 11.6 Å². The summed E-state index contributed by atoms with van der Waals surface area (Å²) >= 11 is 0. The Morgan fingerprint density at radius 2 is 1.79 bits per heavy atom. The van der Waals surface area contributed by atoms with E-state index in [9.17, 15) is 18.4 Å². The minimum absolute atomic E-state index is 0.00489. The van der Waals surface area contributed by atoms with Gasteiger partial charge in [-0.25, -0.2) is 8.78 Å². The molecule has 0 saturated heterocycles. The Balaban J connectivity index is 2.01. The van der Waals surface area contributed by atoms with Crippen molar-refractivity contribution in [1.29, 1.82) is 0 Å². The standard InChI is InChI=1S/C18H17F2NO3/c1-24-18(23)16(13-5-7-14(19)8-6-13)11-21-17(22)10-12-3-2-4-15(20)9-12/h2-9,16H,10-11H2,1H3,(H,21,22)/t16-/m1/s1. The highest BCUT2D eigenvalue weighted by Crippen LogP contribution is 2.17. The van der Waals surface area contributed by atoms with Crippen LogP contribution in [0.2, 0.25) is 0 Å². The van der Waals surface area contributed by atoms with Crippen LogP contribution in [-0.2, 0) is 20.7 Å². The molecule has 0 heterocycles. The topological polar surface area (TPSA) is 55.4 Å². The van der Waals surface area contributed by atoms with Gasteiger partial charge in [0.25, 0.3) is 0 Å². The van der Waals surface area contributed by atoms with Gasteiger partial charge < -0.3 is 10.1 Å². The van der Waals surface area contributed by atoms with Crippen molar-refractivity contribution >= 4 is 11.9 Å². The molecule has 0 aliphatic heterocycles. The van der Waals surface area contributed by atoms with E-state index in [4.69, 9.17) is 4.74 Å². The number of rotatable bonds is 6. The number of ether oxygens (including phenoxy) is 1. The number of hydrogen-bond acceptors (Lipinski definition) is 3. The van der Waals surface area contributed by atoms with Crippen molar-refractivity contribution in [2.45, 2.75) is 12.3 Å². The summed E-state index contributed by atoms with van der Waals surface area (Å²) in [4.78, 5) is 23.9. The summed E-state index contributed by atoms with van der Waals surface area (Å²) in [6, 6.07) is 11.1. The van der Waals surface area contributed by atoms with Gasteiger partial charge in [0.2, 0.25) is 5.91 Å². The van der Waals surface area contributed by atoms with Crippen LogP contribution in [0.4, 0.5) is 8.78 Å². The van der Waals surface area contributed by atoms with Gasteiger partial charge in [0.15, 0.2) is 0 Å². The zero-order valence-electron chi connectivity index (χ0n) is 13.1. The summed E-state index contributed by atoms with van der Waals surface area (Å²) in [5.74, 6) is -2.46. The van der Waals surface area contributed by atoms with E-state index < -0.39 is 23.5 Å². The fourth-order valence-electron chi connectivity index (χ4n) is 2.29. The first-order valence-corrected chi connectivity index (χ1v) is 7.34. The van der Waals surface area contributed by atoms with Crippen molar-refractivity contribution in [2.75, 3.05) is 13.7 Å². The Kier molecular flexibility index (Phi) is 6.01. The maximum Gasteiger partial charge on any atom is 0.314 e. The molecule has 0 saturated carbocycles. The molecule has 1 amide bonds. The predicted octanol–water partition coefficient (Wildman–Crippen LogP) is 2.58. The van der Waals surface area contributed by atoms with E-state index in [0.29, 0.717) is 11.1 Å². The molecule has 0 radical (unpaired) electrons. The minimum Gasteiger partial charge on any atom is -0.468 e. The van der Waals surface area contributed by atoms with E-state index in [0.717, 1.165) is 0 Å². The first kappa shape index (κ1) is 17.6. The predicted molar refractivity (Wildman–Crippen MR) is 84.3 cm³/mol. The Hall–Kier alpha value is -2.76. The second-order valence-electron chi connectivity index (χ2n) is 5.24. The zero-order chi connectivity index (χ0) is 17.5. The van der Waals surface area contributed by atoms with E-state index >= 15 is 0 Å². The van der Waals surface area contributed by atoms with Crippen LogP contribution in [-0.4, -0.2) is 25.5 Å². The maximum absolute atomic E-state index is 13.1. The van der Waals surface area contributed by atoms with Gasteiger partial charge in [0.05, 0.1) is 19.4 Å². The summed E-state index contributed by atoms with van der Waals surface area (Å²) in [7, 11) is 1.24. The van der Waals surface area contributed by atoms with Crippen LogP contribution in [0.1, 0.15) is 17.0 Å². The number of hydrogen-bond donors (Lipinski definition) is 1. The molecule has 0 aliphatic rings. The highest BCUT2D eigenvalue weighted by atomic mass is 19.1. The van der Waals surface area contributed by atoms with Gasteiger partial charge >= 0.3 is 5.97 Å². The van der Waals surface area contributed by atoms with Crippen LogP contribution in [0.3, 0.4) is 0 Å². The molecule has 0 aliphatic carbocycles. The SMILES string of the molecule is COC(=O)[C@H](CNC(=O)Cc1cccc(F)c1)c1ccc(F)cc1. The lowest BCUT2D eigenvalue weighted by molar-refractivity contribution is -0.142. The van der Waals surface area contributed by atoms with Crippen LogP contribution in [0.5, 0.6) is 0 Å². The first-order valence-electron chi connectivity index (χ1n) is 7.34. The summed E-state index contributed by atoms with van der Waals surface area (Å²) in [5.41, 5.74) is 1.07. The molecule has 2 rings (SSSR count). The monoisotopic (exact) mass is 333 g/mol. The van der Waals surface area contributed by atoms with Crippen LogP contribution in [0, 0.1) is 11.6 Å². The van der Waals surface area contributed by atoms with E-state index in [1.165, 1.54) is 49.6 Å². The van der Waals surface area contributed by atoms with E-state index in [-0.39, 0.29) is 18.9 Å². The molecule has 0 fully saturated rings.